The molecule has 5 nitrogen and oxygen atoms in total. The van der Waals surface area contributed by atoms with Crippen LogP contribution in [0.15, 0.2) is 42.7 Å². The van der Waals surface area contributed by atoms with Gasteiger partial charge in [-0.15, -0.1) is 0 Å². The Morgan fingerprint density at radius 3 is 2.50 bits per heavy atom. The van der Waals surface area contributed by atoms with Gasteiger partial charge in [0.05, 0.1) is 11.3 Å². The molecule has 1 aromatic carbocycles. The molecule has 20 heavy (non-hydrogen) atoms. The summed E-state index contributed by atoms with van der Waals surface area (Å²) in [6.07, 6.45) is 3.05. The van der Waals surface area contributed by atoms with Crippen molar-refractivity contribution in [2.75, 3.05) is 10.7 Å². The minimum absolute atomic E-state index is 0.247. The van der Waals surface area contributed by atoms with E-state index >= 15 is 0 Å². The number of hydrogen-bond acceptors (Lipinski definition) is 4. The lowest BCUT2D eigenvalue weighted by Crippen LogP contribution is -2.17. The summed E-state index contributed by atoms with van der Waals surface area (Å²) in [6, 6.07) is 9.44. The summed E-state index contributed by atoms with van der Waals surface area (Å²) < 4.78 is 0. The molecule has 104 valence electrons. The van der Waals surface area contributed by atoms with Crippen molar-refractivity contribution in [1.82, 2.24) is 4.98 Å². The van der Waals surface area contributed by atoms with Gasteiger partial charge in [-0.25, -0.2) is 0 Å². The topological polar surface area (TPSA) is 80.0 Å². The first-order valence-corrected chi connectivity index (χ1v) is 6.43. The Balaban J connectivity index is 2.15. The van der Waals surface area contributed by atoms with Crippen molar-refractivity contribution in [3.05, 3.63) is 53.9 Å². The molecule has 0 saturated carbocycles. The fourth-order valence-corrected chi connectivity index (χ4v) is 1.85. The van der Waals surface area contributed by atoms with Crippen molar-refractivity contribution in [3.8, 4) is 0 Å². The first kappa shape index (κ1) is 14.0. The molecule has 0 unspecified atom stereocenters. The quantitative estimate of drug-likeness (QED) is 0.589. The third-order valence-electron chi connectivity index (χ3n) is 3.06. The number of anilines is 2. The van der Waals surface area contributed by atoms with Gasteiger partial charge in [0.15, 0.2) is 0 Å². The van der Waals surface area contributed by atoms with E-state index in [4.69, 9.17) is 5.84 Å². The van der Waals surface area contributed by atoms with Crippen LogP contribution in [0.5, 0.6) is 0 Å². The van der Waals surface area contributed by atoms with Gasteiger partial charge in [-0.1, -0.05) is 26.0 Å². The lowest BCUT2D eigenvalue weighted by molar-refractivity contribution is 0.102. The number of nitrogens with one attached hydrogen (secondary N) is 2. The van der Waals surface area contributed by atoms with Crippen LogP contribution in [0.2, 0.25) is 0 Å². The van der Waals surface area contributed by atoms with E-state index in [0.29, 0.717) is 17.2 Å². The van der Waals surface area contributed by atoms with Crippen LogP contribution in [0.25, 0.3) is 0 Å². The molecule has 5 heteroatoms. The molecule has 1 aromatic heterocycles. The van der Waals surface area contributed by atoms with E-state index < -0.39 is 0 Å². The maximum atomic E-state index is 12.2. The van der Waals surface area contributed by atoms with E-state index in [1.807, 2.05) is 24.3 Å². The lowest BCUT2D eigenvalue weighted by Gasteiger charge is -2.10. The lowest BCUT2D eigenvalue weighted by atomic mass is 10.0. The van der Waals surface area contributed by atoms with Crippen molar-refractivity contribution < 1.29 is 4.79 Å². The smallest absolute Gasteiger partial charge is 0.259 e. The molecule has 0 spiro atoms. The van der Waals surface area contributed by atoms with Crippen LogP contribution in [0.1, 0.15) is 35.7 Å². The van der Waals surface area contributed by atoms with E-state index in [0.717, 1.165) is 5.69 Å². The fraction of sp³-hybridized carbons (Fsp3) is 0.200. The normalized spacial score (nSPS) is 10.4. The predicted octanol–water partition coefficient (Wildman–Crippen LogP) is 2.74. The molecule has 1 heterocycles. The molecule has 0 saturated heterocycles. The highest BCUT2D eigenvalue weighted by molar-refractivity contribution is 6.07. The summed E-state index contributed by atoms with van der Waals surface area (Å²) in [5, 5.41) is 2.82. The Morgan fingerprint density at radius 2 is 1.90 bits per heavy atom. The van der Waals surface area contributed by atoms with Crippen LogP contribution < -0.4 is 16.6 Å². The highest BCUT2D eigenvalue weighted by Crippen LogP contribution is 2.19. The van der Waals surface area contributed by atoms with E-state index in [1.165, 1.54) is 11.8 Å². The van der Waals surface area contributed by atoms with Crippen LogP contribution in [-0.2, 0) is 0 Å². The molecule has 2 rings (SSSR count). The number of nitrogens with two attached hydrogens (primary N) is 1. The summed E-state index contributed by atoms with van der Waals surface area (Å²) in [5.74, 6) is 5.59. The molecule has 0 aliphatic heterocycles. The van der Waals surface area contributed by atoms with Gasteiger partial charge in [0.1, 0.15) is 0 Å². The number of nitrogens with zero attached hydrogens (tertiary/aromatic N) is 1. The molecular weight excluding hydrogens is 252 g/mol. The molecule has 0 fully saturated rings. The van der Waals surface area contributed by atoms with Gasteiger partial charge >= 0.3 is 0 Å². The first-order chi connectivity index (χ1) is 9.61. The van der Waals surface area contributed by atoms with Gasteiger partial charge in [-0.05, 0) is 29.7 Å². The average Bonchev–Trinajstić information content (AvgIpc) is 2.47. The molecule has 0 bridgehead atoms. The number of hydrogen-bond donors (Lipinski definition) is 3. The summed E-state index contributed by atoms with van der Waals surface area (Å²) in [5.41, 5.74) is 5.40. The van der Waals surface area contributed by atoms with Crippen LogP contribution >= 0.6 is 0 Å². The van der Waals surface area contributed by atoms with Gasteiger partial charge < -0.3 is 10.7 Å². The maximum absolute atomic E-state index is 12.2. The highest BCUT2D eigenvalue weighted by Gasteiger charge is 2.11. The zero-order valence-electron chi connectivity index (χ0n) is 11.6. The minimum Gasteiger partial charge on any atom is -0.323 e. The molecular formula is C15H18N4O. The molecule has 0 atom stereocenters. The molecule has 0 aliphatic carbocycles. The van der Waals surface area contributed by atoms with Crippen LogP contribution in [0.3, 0.4) is 0 Å². The summed E-state index contributed by atoms with van der Waals surface area (Å²) in [7, 11) is 0. The van der Waals surface area contributed by atoms with Gasteiger partial charge in [-0.3, -0.25) is 15.6 Å². The van der Waals surface area contributed by atoms with Crippen LogP contribution in [0, 0.1) is 0 Å². The van der Waals surface area contributed by atoms with E-state index in [-0.39, 0.29) is 5.91 Å². The van der Waals surface area contributed by atoms with Crippen molar-refractivity contribution >= 4 is 17.3 Å². The first-order valence-electron chi connectivity index (χ1n) is 6.43. The van der Waals surface area contributed by atoms with Crippen LogP contribution in [-0.4, -0.2) is 10.9 Å². The van der Waals surface area contributed by atoms with Crippen molar-refractivity contribution in [2.45, 2.75) is 19.8 Å². The van der Waals surface area contributed by atoms with E-state index in [2.05, 4.69) is 29.6 Å². The van der Waals surface area contributed by atoms with Gasteiger partial charge in [-0.2, -0.15) is 0 Å². The predicted molar refractivity (Wildman–Crippen MR) is 80.5 cm³/mol. The van der Waals surface area contributed by atoms with Gasteiger partial charge in [0, 0.05) is 18.1 Å². The number of nitrogen functional groups attached to an aromatic ring is 1. The SMILES string of the molecule is CC(C)c1ccc(NC(=O)c2cnccc2NN)cc1. The Kier molecular flexibility index (Phi) is 4.32. The number of amides is 1. The molecule has 0 aliphatic rings. The Labute approximate surface area is 118 Å². The molecule has 2 aromatic rings. The third-order valence-corrected chi connectivity index (χ3v) is 3.06. The summed E-state index contributed by atoms with van der Waals surface area (Å²) >= 11 is 0. The number of pyridine rings is 1. The van der Waals surface area contributed by atoms with Crippen molar-refractivity contribution in [2.24, 2.45) is 5.84 Å². The van der Waals surface area contributed by atoms with Crippen molar-refractivity contribution in [3.63, 3.8) is 0 Å². The highest BCUT2D eigenvalue weighted by atomic mass is 16.1. The second kappa shape index (κ2) is 6.16. The number of carbonyl (C=O) groups is 1. The zero-order valence-corrected chi connectivity index (χ0v) is 11.6. The Hall–Kier alpha value is -2.40. The Morgan fingerprint density at radius 1 is 1.20 bits per heavy atom. The Bertz CT molecular complexity index is 593. The van der Waals surface area contributed by atoms with E-state index in [9.17, 15) is 4.79 Å². The molecule has 4 N–H and O–H groups in total. The summed E-state index contributed by atoms with van der Waals surface area (Å²) in [6.45, 7) is 4.25. The molecule has 0 radical (unpaired) electrons. The average molecular weight is 270 g/mol. The second-order valence-electron chi connectivity index (χ2n) is 4.80. The summed E-state index contributed by atoms with van der Waals surface area (Å²) in [4.78, 5) is 16.1. The van der Waals surface area contributed by atoms with Gasteiger partial charge in [0.25, 0.3) is 5.91 Å². The molecule has 1 amide bonds. The monoisotopic (exact) mass is 270 g/mol. The second-order valence-corrected chi connectivity index (χ2v) is 4.80. The number of carbonyl (C=O) groups excluding carboxylic acids is 1. The maximum Gasteiger partial charge on any atom is 0.259 e. The van der Waals surface area contributed by atoms with Gasteiger partial charge in [0.2, 0.25) is 0 Å². The van der Waals surface area contributed by atoms with E-state index in [1.54, 1.807) is 12.3 Å². The number of hydrazine groups is 1. The largest absolute Gasteiger partial charge is 0.323 e. The number of rotatable bonds is 4. The number of aromatic nitrogens is 1. The fourth-order valence-electron chi connectivity index (χ4n) is 1.85. The number of benzene rings is 1. The van der Waals surface area contributed by atoms with Crippen LogP contribution in [0.4, 0.5) is 11.4 Å². The standard InChI is InChI=1S/C15H18N4O/c1-10(2)11-3-5-12(6-4-11)18-15(20)13-9-17-8-7-14(13)19-16/h3-10H,16H2,1-2H3,(H,17,19)(H,18,20). The zero-order chi connectivity index (χ0) is 14.5. The minimum atomic E-state index is -0.247. The third kappa shape index (κ3) is 3.13. The van der Waals surface area contributed by atoms with Crippen molar-refractivity contribution in [1.29, 1.82) is 0 Å².